The van der Waals surface area contributed by atoms with Gasteiger partial charge < -0.3 is 10.3 Å². The summed E-state index contributed by atoms with van der Waals surface area (Å²) in [6.07, 6.45) is 14.4. The number of hydrogen-bond donors (Lipinski definition) is 3. The fraction of sp³-hybridized carbons (Fsp3) is 0.250. The number of halogens is 1. The van der Waals surface area contributed by atoms with Gasteiger partial charge in [0.05, 0.1) is 17.1 Å². The Bertz CT molecular complexity index is 1750. The van der Waals surface area contributed by atoms with E-state index in [1.165, 1.54) is 31.7 Å². The average molecular weight is 525 g/mol. The number of rotatable bonds is 7. The van der Waals surface area contributed by atoms with Crippen molar-refractivity contribution >= 4 is 33.4 Å². The molecule has 0 saturated heterocycles. The Labute approximate surface area is 221 Å². The van der Waals surface area contributed by atoms with Crippen molar-refractivity contribution in [3.63, 3.8) is 0 Å². The topological polar surface area (TPSA) is 108 Å². The van der Waals surface area contributed by atoms with Crippen molar-refractivity contribution in [1.29, 1.82) is 0 Å². The molecule has 6 aromatic heterocycles. The average Bonchev–Trinajstić information content (AvgIpc) is 3.74. The molecule has 1 saturated carbocycles. The minimum absolute atomic E-state index is 0.242. The van der Waals surface area contributed by atoms with Crippen molar-refractivity contribution in [3.8, 4) is 33.1 Å². The van der Waals surface area contributed by atoms with Gasteiger partial charge in [-0.3, -0.25) is 15.1 Å². The molecule has 6 heterocycles. The minimum atomic E-state index is -0.242. The molecule has 38 heavy (non-hydrogen) atoms. The number of nitrogens with one attached hydrogen (secondary N) is 3. The summed E-state index contributed by atoms with van der Waals surface area (Å²) in [5.41, 5.74) is 6.72. The van der Waals surface area contributed by atoms with Crippen LogP contribution < -0.4 is 5.32 Å². The summed E-state index contributed by atoms with van der Waals surface area (Å²) in [7, 11) is 0. The zero-order valence-corrected chi connectivity index (χ0v) is 21.4. The Kier molecular flexibility index (Phi) is 5.90. The molecule has 0 spiro atoms. The second-order valence-electron chi connectivity index (χ2n) is 9.83. The second kappa shape index (κ2) is 9.70. The van der Waals surface area contributed by atoms with Crippen LogP contribution in [0, 0.1) is 11.0 Å². The molecule has 6 aromatic rings. The predicted molar refractivity (Wildman–Crippen MR) is 147 cm³/mol. The van der Waals surface area contributed by atoms with E-state index in [2.05, 4.69) is 47.6 Å². The van der Waals surface area contributed by atoms with Gasteiger partial charge in [-0.1, -0.05) is 12.8 Å². The van der Waals surface area contributed by atoms with Gasteiger partial charge in [0.25, 0.3) is 0 Å². The lowest BCUT2D eigenvalue weighted by atomic mass is 10.1. The van der Waals surface area contributed by atoms with Crippen molar-refractivity contribution in [2.45, 2.75) is 32.2 Å². The summed E-state index contributed by atoms with van der Waals surface area (Å²) in [6.45, 7) is 1.86. The normalized spacial score (nSPS) is 14.2. The maximum absolute atomic E-state index is 13.7. The maximum Gasteiger partial charge on any atom is 0.181 e. The number of imidazole rings is 1. The van der Waals surface area contributed by atoms with E-state index in [1.54, 1.807) is 18.5 Å². The van der Waals surface area contributed by atoms with Gasteiger partial charge in [0.2, 0.25) is 0 Å². The fourth-order valence-corrected chi connectivity index (χ4v) is 6.05. The molecule has 190 valence electrons. The number of fused-ring (bicyclic) bond motifs is 2. The van der Waals surface area contributed by atoms with Gasteiger partial charge in [0.15, 0.2) is 16.6 Å². The third-order valence-electron chi connectivity index (χ3n) is 7.24. The summed E-state index contributed by atoms with van der Waals surface area (Å²) < 4.78 is 13.7. The molecule has 8 nitrogen and oxygen atoms in total. The van der Waals surface area contributed by atoms with Crippen LogP contribution in [0.4, 0.5) is 4.39 Å². The Morgan fingerprint density at radius 3 is 2.74 bits per heavy atom. The number of hydrogen-bond acceptors (Lipinski definition) is 7. The number of H-pyrrole nitrogens is 2. The minimum Gasteiger partial charge on any atom is -0.335 e. The Hall–Kier alpha value is -4.02. The number of nitrogens with zero attached hydrogens (tertiary/aromatic N) is 5. The van der Waals surface area contributed by atoms with Crippen LogP contribution in [0.25, 0.3) is 55.2 Å². The Balaban J connectivity index is 1.20. The van der Waals surface area contributed by atoms with Gasteiger partial charge >= 0.3 is 0 Å². The summed E-state index contributed by atoms with van der Waals surface area (Å²) >= 11 is 1.08. The van der Waals surface area contributed by atoms with Gasteiger partial charge in [-0.25, -0.2) is 9.97 Å². The van der Waals surface area contributed by atoms with E-state index in [4.69, 9.17) is 4.98 Å². The molecule has 0 unspecified atom stereocenters. The Morgan fingerprint density at radius 2 is 1.87 bits per heavy atom. The molecule has 3 N–H and O–H groups in total. The lowest BCUT2D eigenvalue weighted by molar-refractivity contribution is 0.489. The molecule has 7 rings (SSSR count). The predicted octanol–water partition coefficient (Wildman–Crippen LogP) is 6.11. The van der Waals surface area contributed by atoms with E-state index in [0.29, 0.717) is 11.5 Å². The first-order chi connectivity index (χ1) is 18.7. The van der Waals surface area contributed by atoms with E-state index in [-0.39, 0.29) is 5.13 Å². The molecule has 0 aromatic carbocycles. The lowest BCUT2D eigenvalue weighted by Gasteiger charge is -2.11. The van der Waals surface area contributed by atoms with E-state index < -0.39 is 0 Å². The van der Waals surface area contributed by atoms with Crippen molar-refractivity contribution in [1.82, 2.24) is 40.4 Å². The highest BCUT2D eigenvalue weighted by molar-refractivity contribution is 7.14. The molecule has 0 atom stereocenters. The highest BCUT2D eigenvalue weighted by atomic mass is 32.1. The SMILES string of the molecule is Fc1ccc(-c2cncc3[nH]c(-c4[nH]nc5ncc(-c6cncc(CNCC7CCCC7)c6)cc45)nc23)s1. The molecule has 0 aliphatic heterocycles. The van der Waals surface area contributed by atoms with E-state index in [0.717, 1.165) is 79.6 Å². The van der Waals surface area contributed by atoms with E-state index in [1.807, 2.05) is 18.6 Å². The zero-order chi connectivity index (χ0) is 25.5. The first-order valence-corrected chi connectivity index (χ1v) is 13.6. The first-order valence-electron chi connectivity index (χ1n) is 12.8. The van der Waals surface area contributed by atoms with Crippen molar-refractivity contribution in [2.75, 3.05) is 6.54 Å². The van der Waals surface area contributed by atoms with Gasteiger partial charge in [-0.15, -0.1) is 11.3 Å². The second-order valence-corrected chi connectivity index (χ2v) is 10.9. The summed E-state index contributed by atoms with van der Waals surface area (Å²) in [5.74, 6) is 1.42. The van der Waals surface area contributed by atoms with E-state index >= 15 is 0 Å². The van der Waals surface area contributed by atoms with Crippen LogP contribution in [0.1, 0.15) is 31.2 Å². The smallest absolute Gasteiger partial charge is 0.181 e. The van der Waals surface area contributed by atoms with Crippen LogP contribution in [-0.4, -0.2) is 41.7 Å². The van der Waals surface area contributed by atoms with Gasteiger partial charge in [-0.2, -0.15) is 9.49 Å². The quantitative estimate of drug-likeness (QED) is 0.233. The summed E-state index contributed by atoms with van der Waals surface area (Å²) in [6, 6.07) is 7.43. The number of pyridine rings is 3. The van der Waals surface area contributed by atoms with Crippen LogP contribution in [0.15, 0.2) is 55.2 Å². The summed E-state index contributed by atoms with van der Waals surface area (Å²) in [5, 5.41) is 11.7. The van der Waals surface area contributed by atoms with Crippen LogP contribution in [0.3, 0.4) is 0 Å². The Morgan fingerprint density at radius 1 is 1.00 bits per heavy atom. The molecule has 1 aliphatic carbocycles. The molecule has 0 radical (unpaired) electrons. The van der Waals surface area contributed by atoms with Crippen molar-refractivity contribution in [2.24, 2.45) is 5.92 Å². The molecular weight excluding hydrogens is 499 g/mol. The molecule has 1 fully saturated rings. The lowest BCUT2D eigenvalue weighted by Crippen LogP contribution is -2.20. The van der Waals surface area contributed by atoms with E-state index in [9.17, 15) is 4.39 Å². The number of aromatic nitrogens is 7. The van der Waals surface area contributed by atoms with Crippen LogP contribution >= 0.6 is 11.3 Å². The molecular formula is C28H25FN8S. The maximum atomic E-state index is 13.7. The number of aromatic amines is 2. The number of thiophene rings is 1. The fourth-order valence-electron chi connectivity index (χ4n) is 5.31. The largest absolute Gasteiger partial charge is 0.335 e. The van der Waals surface area contributed by atoms with Gasteiger partial charge in [-0.05, 0) is 55.1 Å². The van der Waals surface area contributed by atoms with Gasteiger partial charge in [0.1, 0.15) is 11.2 Å². The zero-order valence-electron chi connectivity index (χ0n) is 20.5. The summed E-state index contributed by atoms with van der Waals surface area (Å²) in [4.78, 5) is 22.4. The molecule has 10 heteroatoms. The standard InChI is InChI=1S/C28H25FN8S/c29-24-6-5-23(38-24)21-14-32-15-22-25(21)35-28(34-22)26-20-8-19(13-33-27(20)37-36-26)18-7-17(11-31-12-18)10-30-9-16-3-1-2-4-16/h5-8,11-16,30H,1-4,9-10H2,(H,34,35)(H,33,36,37). The van der Waals surface area contributed by atoms with Crippen molar-refractivity contribution in [3.05, 3.63) is 65.9 Å². The van der Waals surface area contributed by atoms with Crippen LogP contribution in [0.2, 0.25) is 0 Å². The highest BCUT2D eigenvalue weighted by Crippen LogP contribution is 2.34. The van der Waals surface area contributed by atoms with Crippen molar-refractivity contribution < 1.29 is 4.39 Å². The molecule has 1 aliphatic rings. The molecule has 0 amide bonds. The highest BCUT2D eigenvalue weighted by Gasteiger charge is 2.18. The van der Waals surface area contributed by atoms with Gasteiger partial charge in [0, 0.05) is 52.9 Å². The third-order valence-corrected chi connectivity index (χ3v) is 8.15. The third kappa shape index (κ3) is 4.35. The van der Waals surface area contributed by atoms with Crippen LogP contribution in [0.5, 0.6) is 0 Å². The molecule has 0 bridgehead atoms. The monoisotopic (exact) mass is 524 g/mol. The first kappa shape index (κ1) is 23.1. The van der Waals surface area contributed by atoms with Crippen LogP contribution in [-0.2, 0) is 6.54 Å².